The third-order valence-electron chi connectivity index (χ3n) is 2.64. The van der Waals surface area contributed by atoms with Gasteiger partial charge in [0.15, 0.2) is 0 Å². The topological polar surface area (TPSA) is 63.2 Å². The summed E-state index contributed by atoms with van der Waals surface area (Å²) in [7, 11) is 1.33. The van der Waals surface area contributed by atoms with E-state index in [1.165, 1.54) is 7.11 Å². The number of halogens is 2. The molecule has 0 saturated carbocycles. The molecule has 0 spiro atoms. The first-order valence-corrected chi connectivity index (χ1v) is 7.66. The van der Waals surface area contributed by atoms with Crippen LogP contribution in [-0.2, 0) is 11.3 Å². The minimum atomic E-state index is -0.496. The summed E-state index contributed by atoms with van der Waals surface area (Å²) in [4.78, 5) is 15.5. The molecule has 1 amide bonds. The lowest BCUT2D eigenvalue weighted by Gasteiger charge is -2.10. The van der Waals surface area contributed by atoms with Gasteiger partial charge in [-0.05, 0) is 56.1 Å². The fourth-order valence-corrected chi connectivity index (χ4v) is 2.76. The smallest absolute Gasteiger partial charge is 0.411 e. The van der Waals surface area contributed by atoms with Crippen LogP contribution in [-0.4, -0.2) is 18.2 Å². The first-order valence-electron chi connectivity index (χ1n) is 6.07. The van der Waals surface area contributed by atoms with Gasteiger partial charge in [-0.1, -0.05) is 6.07 Å². The van der Waals surface area contributed by atoms with Crippen molar-refractivity contribution < 1.29 is 9.53 Å². The zero-order valence-electron chi connectivity index (χ0n) is 11.2. The Hall–Kier alpha value is -1.60. The van der Waals surface area contributed by atoms with Crippen molar-refractivity contribution in [3.8, 4) is 0 Å². The highest BCUT2D eigenvalue weighted by Gasteiger charge is 2.04. The second kappa shape index (κ2) is 7.42. The van der Waals surface area contributed by atoms with Gasteiger partial charge in [-0.2, -0.15) is 0 Å². The number of benzene rings is 1. The zero-order valence-corrected chi connectivity index (χ0v) is 14.4. The number of methoxy groups -OCH3 is 1. The van der Waals surface area contributed by atoms with Crippen LogP contribution >= 0.6 is 31.9 Å². The molecule has 7 heteroatoms. The van der Waals surface area contributed by atoms with Crippen LogP contribution in [0.4, 0.5) is 16.2 Å². The standard InChI is InChI=1S/C14H13Br2N3O2/c1-21-14(20)19-11-4-2-3-10(6-11)17-8-13-12(16)5-9(15)7-18-13/h2-7,17H,8H2,1H3,(H,19,20). The summed E-state index contributed by atoms with van der Waals surface area (Å²) in [5.41, 5.74) is 2.43. The Morgan fingerprint density at radius 3 is 2.76 bits per heavy atom. The second-order valence-electron chi connectivity index (χ2n) is 4.13. The van der Waals surface area contributed by atoms with Crippen molar-refractivity contribution in [1.29, 1.82) is 0 Å². The molecule has 0 aliphatic carbocycles. The highest BCUT2D eigenvalue weighted by Crippen LogP contribution is 2.21. The number of anilines is 2. The van der Waals surface area contributed by atoms with E-state index in [9.17, 15) is 4.79 Å². The van der Waals surface area contributed by atoms with Gasteiger partial charge in [0.2, 0.25) is 0 Å². The maximum atomic E-state index is 11.2. The van der Waals surface area contributed by atoms with Gasteiger partial charge < -0.3 is 10.1 Å². The van der Waals surface area contributed by atoms with Gasteiger partial charge in [-0.25, -0.2) is 4.79 Å². The Kier molecular flexibility index (Phi) is 5.58. The maximum absolute atomic E-state index is 11.2. The predicted molar refractivity (Wildman–Crippen MR) is 89.4 cm³/mol. The van der Waals surface area contributed by atoms with Gasteiger partial charge in [0, 0.05) is 26.5 Å². The van der Waals surface area contributed by atoms with Crippen molar-refractivity contribution in [2.45, 2.75) is 6.54 Å². The second-order valence-corrected chi connectivity index (χ2v) is 5.90. The summed E-state index contributed by atoms with van der Waals surface area (Å²) in [5.74, 6) is 0. The zero-order chi connectivity index (χ0) is 15.2. The summed E-state index contributed by atoms with van der Waals surface area (Å²) < 4.78 is 6.40. The number of carbonyl (C=O) groups is 1. The average molecular weight is 415 g/mol. The Morgan fingerprint density at radius 1 is 1.29 bits per heavy atom. The van der Waals surface area contributed by atoms with E-state index in [1.54, 1.807) is 12.3 Å². The average Bonchev–Trinajstić information content (AvgIpc) is 2.46. The summed E-state index contributed by atoms with van der Waals surface area (Å²) in [6.07, 6.45) is 1.25. The highest BCUT2D eigenvalue weighted by atomic mass is 79.9. The van der Waals surface area contributed by atoms with Gasteiger partial charge >= 0.3 is 6.09 Å². The van der Waals surface area contributed by atoms with Crippen molar-refractivity contribution in [1.82, 2.24) is 4.98 Å². The van der Waals surface area contributed by atoms with E-state index in [0.29, 0.717) is 12.2 Å². The number of carbonyl (C=O) groups excluding carboxylic acids is 1. The Labute approximate surface area is 139 Å². The first kappa shape index (κ1) is 15.8. The Morgan fingerprint density at radius 2 is 2.05 bits per heavy atom. The minimum absolute atomic E-state index is 0.496. The molecule has 2 N–H and O–H groups in total. The van der Waals surface area contributed by atoms with Crippen molar-refractivity contribution >= 4 is 49.3 Å². The predicted octanol–water partition coefficient (Wildman–Crippen LogP) is 4.40. The van der Waals surface area contributed by atoms with E-state index in [2.05, 4.69) is 52.2 Å². The molecule has 5 nitrogen and oxygen atoms in total. The van der Waals surface area contributed by atoms with Crippen LogP contribution in [0.15, 0.2) is 45.5 Å². The number of amides is 1. The SMILES string of the molecule is COC(=O)Nc1cccc(NCc2ncc(Br)cc2Br)c1. The van der Waals surface area contributed by atoms with Crippen LogP contribution in [0.25, 0.3) is 0 Å². The van der Waals surface area contributed by atoms with Crippen LogP contribution in [0.2, 0.25) is 0 Å². The van der Waals surface area contributed by atoms with Crippen LogP contribution in [0.5, 0.6) is 0 Å². The van der Waals surface area contributed by atoms with Crippen LogP contribution < -0.4 is 10.6 Å². The van der Waals surface area contributed by atoms with Crippen LogP contribution in [0.3, 0.4) is 0 Å². The van der Waals surface area contributed by atoms with E-state index >= 15 is 0 Å². The number of pyridine rings is 1. The van der Waals surface area contributed by atoms with Gasteiger partial charge in [0.05, 0.1) is 19.3 Å². The van der Waals surface area contributed by atoms with Crippen molar-refractivity contribution in [3.63, 3.8) is 0 Å². The van der Waals surface area contributed by atoms with Crippen molar-refractivity contribution in [2.75, 3.05) is 17.7 Å². The van der Waals surface area contributed by atoms with Gasteiger partial charge in [0.1, 0.15) is 0 Å². The van der Waals surface area contributed by atoms with Gasteiger partial charge in [0.25, 0.3) is 0 Å². The number of ether oxygens (including phenoxy) is 1. The lowest BCUT2D eigenvalue weighted by atomic mass is 10.2. The maximum Gasteiger partial charge on any atom is 0.411 e. The molecule has 0 aliphatic rings. The summed E-state index contributed by atoms with van der Waals surface area (Å²) in [5, 5.41) is 5.87. The van der Waals surface area contributed by atoms with E-state index in [1.807, 2.05) is 24.3 Å². The molecule has 0 unspecified atom stereocenters. The molecule has 1 heterocycles. The lowest BCUT2D eigenvalue weighted by Crippen LogP contribution is -2.11. The fraction of sp³-hybridized carbons (Fsp3) is 0.143. The normalized spacial score (nSPS) is 10.0. The molecule has 0 saturated heterocycles. The molecule has 0 aliphatic heterocycles. The molecule has 1 aromatic carbocycles. The Balaban J connectivity index is 2.03. The van der Waals surface area contributed by atoms with Crippen molar-refractivity contribution in [2.24, 2.45) is 0 Å². The molecule has 2 rings (SSSR count). The van der Waals surface area contributed by atoms with E-state index in [0.717, 1.165) is 20.3 Å². The summed E-state index contributed by atoms with van der Waals surface area (Å²) >= 11 is 6.84. The van der Waals surface area contributed by atoms with Crippen LogP contribution in [0.1, 0.15) is 5.69 Å². The first-order chi connectivity index (χ1) is 10.1. The van der Waals surface area contributed by atoms with E-state index < -0.39 is 6.09 Å². The molecule has 0 atom stereocenters. The molecule has 0 radical (unpaired) electrons. The summed E-state index contributed by atoms with van der Waals surface area (Å²) in [6.45, 7) is 0.565. The highest BCUT2D eigenvalue weighted by molar-refractivity contribution is 9.11. The number of aromatic nitrogens is 1. The summed E-state index contributed by atoms with van der Waals surface area (Å²) in [6, 6.07) is 9.31. The molecule has 2 aromatic rings. The number of rotatable bonds is 4. The van der Waals surface area contributed by atoms with E-state index in [4.69, 9.17) is 0 Å². The monoisotopic (exact) mass is 413 g/mol. The lowest BCUT2D eigenvalue weighted by molar-refractivity contribution is 0.187. The number of hydrogen-bond acceptors (Lipinski definition) is 4. The third kappa shape index (κ3) is 4.71. The molecular weight excluding hydrogens is 402 g/mol. The molecule has 110 valence electrons. The van der Waals surface area contributed by atoms with Crippen LogP contribution in [0, 0.1) is 0 Å². The molecule has 0 fully saturated rings. The van der Waals surface area contributed by atoms with Crippen molar-refractivity contribution in [3.05, 3.63) is 51.2 Å². The number of nitrogens with zero attached hydrogens (tertiary/aromatic N) is 1. The van der Waals surface area contributed by atoms with E-state index in [-0.39, 0.29) is 0 Å². The molecule has 1 aromatic heterocycles. The quantitative estimate of drug-likeness (QED) is 0.778. The minimum Gasteiger partial charge on any atom is -0.453 e. The molecular formula is C14H13Br2N3O2. The number of nitrogens with one attached hydrogen (secondary N) is 2. The third-order valence-corrected chi connectivity index (χ3v) is 3.76. The largest absolute Gasteiger partial charge is 0.453 e. The van der Waals surface area contributed by atoms with Gasteiger partial charge in [-0.3, -0.25) is 10.3 Å². The van der Waals surface area contributed by atoms with Gasteiger partial charge in [-0.15, -0.1) is 0 Å². The number of hydrogen-bond donors (Lipinski definition) is 2. The molecule has 21 heavy (non-hydrogen) atoms. The fourth-order valence-electron chi connectivity index (χ4n) is 1.63. The molecule has 0 bridgehead atoms. The Bertz CT molecular complexity index is 650.